The summed E-state index contributed by atoms with van der Waals surface area (Å²) in [6.45, 7) is 4.67. The zero-order valence-corrected chi connectivity index (χ0v) is 9.29. The molecule has 0 radical (unpaired) electrons. The lowest BCUT2D eigenvalue weighted by molar-refractivity contribution is 0.0693. The molecule has 1 unspecified atom stereocenters. The Balaban J connectivity index is 1.76. The Morgan fingerprint density at radius 3 is 2.93 bits per heavy atom. The van der Waals surface area contributed by atoms with Gasteiger partial charge in [-0.3, -0.25) is 0 Å². The van der Waals surface area contributed by atoms with Crippen molar-refractivity contribution in [2.24, 2.45) is 0 Å². The second-order valence-electron chi connectivity index (χ2n) is 4.02. The third-order valence-corrected chi connectivity index (χ3v) is 2.79. The van der Waals surface area contributed by atoms with Gasteiger partial charge in [0, 0.05) is 19.1 Å². The van der Waals surface area contributed by atoms with E-state index in [9.17, 15) is 0 Å². The van der Waals surface area contributed by atoms with Gasteiger partial charge < -0.3 is 14.5 Å². The maximum Gasteiger partial charge on any atom is 0.117 e. The van der Waals surface area contributed by atoms with Crippen molar-refractivity contribution in [1.82, 2.24) is 5.32 Å². The van der Waals surface area contributed by atoms with Gasteiger partial charge in [0.1, 0.15) is 11.5 Å². The molecule has 1 aliphatic rings. The standard InChI is InChI=1S/C12H19NO2/c1-2-11-5-6-12(15-11)8-13-10-4-3-7-14-9-10/h5-6,10,13H,2-4,7-9H2,1H3. The monoisotopic (exact) mass is 209 g/mol. The van der Waals surface area contributed by atoms with Gasteiger partial charge in [0.15, 0.2) is 0 Å². The van der Waals surface area contributed by atoms with Crippen LogP contribution in [0.25, 0.3) is 0 Å². The molecule has 1 aliphatic heterocycles. The van der Waals surface area contributed by atoms with Crippen LogP contribution in [0.1, 0.15) is 31.3 Å². The molecular weight excluding hydrogens is 190 g/mol. The van der Waals surface area contributed by atoms with Crippen LogP contribution in [-0.2, 0) is 17.7 Å². The molecule has 1 atom stereocenters. The van der Waals surface area contributed by atoms with Crippen molar-refractivity contribution >= 4 is 0 Å². The van der Waals surface area contributed by atoms with Crippen LogP contribution >= 0.6 is 0 Å². The quantitative estimate of drug-likeness (QED) is 0.824. The lowest BCUT2D eigenvalue weighted by Gasteiger charge is -2.22. The zero-order valence-electron chi connectivity index (χ0n) is 9.29. The fraction of sp³-hybridized carbons (Fsp3) is 0.667. The van der Waals surface area contributed by atoms with Gasteiger partial charge in [0.25, 0.3) is 0 Å². The minimum absolute atomic E-state index is 0.494. The maximum absolute atomic E-state index is 5.62. The molecule has 2 rings (SSSR count). The third-order valence-electron chi connectivity index (χ3n) is 2.79. The van der Waals surface area contributed by atoms with Gasteiger partial charge >= 0.3 is 0 Å². The highest BCUT2D eigenvalue weighted by atomic mass is 16.5. The predicted molar refractivity (Wildman–Crippen MR) is 58.8 cm³/mol. The second-order valence-corrected chi connectivity index (χ2v) is 4.02. The van der Waals surface area contributed by atoms with Crippen molar-refractivity contribution in [2.75, 3.05) is 13.2 Å². The van der Waals surface area contributed by atoms with Crippen molar-refractivity contribution < 1.29 is 9.15 Å². The second kappa shape index (κ2) is 5.33. The van der Waals surface area contributed by atoms with Gasteiger partial charge in [0.2, 0.25) is 0 Å². The number of furan rings is 1. The fourth-order valence-corrected chi connectivity index (χ4v) is 1.85. The van der Waals surface area contributed by atoms with Crippen LogP contribution in [0.5, 0.6) is 0 Å². The predicted octanol–water partition coefficient (Wildman–Crippen LogP) is 2.11. The summed E-state index contributed by atoms with van der Waals surface area (Å²) >= 11 is 0. The van der Waals surface area contributed by atoms with Crippen LogP contribution in [-0.4, -0.2) is 19.3 Å². The van der Waals surface area contributed by atoms with E-state index in [0.717, 1.165) is 44.1 Å². The van der Waals surface area contributed by atoms with Crippen LogP contribution in [0.3, 0.4) is 0 Å². The SMILES string of the molecule is CCc1ccc(CNC2CCCOC2)o1. The van der Waals surface area contributed by atoms with Crippen molar-refractivity contribution in [1.29, 1.82) is 0 Å². The number of ether oxygens (including phenoxy) is 1. The Morgan fingerprint density at radius 1 is 1.40 bits per heavy atom. The Labute approximate surface area is 90.8 Å². The van der Waals surface area contributed by atoms with E-state index in [0.29, 0.717) is 6.04 Å². The van der Waals surface area contributed by atoms with E-state index in [1.54, 1.807) is 0 Å². The number of nitrogens with one attached hydrogen (secondary N) is 1. The third kappa shape index (κ3) is 3.08. The zero-order chi connectivity index (χ0) is 10.5. The molecule has 0 aromatic carbocycles. The molecule has 1 aromatic heterocycles. The van der Waals surface area contributed by atoms with Crippen LogP contribution in [0.2, 0.25) is 0 Å². The maximum atomic E-state index is 5.62. The van der Waals surface area contributed by atoms with Gasteiger partial charge in [-0.05, 0) is 25.0 Å². The van der Waals surface area contributed by atoms with E-state index in [1.807, 2.05) is 6.07 Å². The van der Waals surface area contributed by atoms with Crippen LogP contribution in [0, 0.1) is 0 Å². The molecule has 0 bridgehead atoms. The summed E-state index contributed by atoms with van der Waals surface area (Å²) in [4.78, 5) is 0. The summed E-state index contributed by atoms with van der Waals surface area (Å²) in [6.07, 6.45) is 3.34. The van der Waals surface area contributed by atoms with E-state index >= 15 is 0 Å². The molecule has 1 aromatic rings. The number of hydrogen-bond donors (Lipinski definition) is 1. The van der Waals surface area contributed by atoms with E-state index in [-0.39, 0.29) is 0 Å². The van der Waals surface area contributed by atoms with Crippen molar-refractivity contribution in [3.05, 3.63) is 23.7 Å². The molecule has 0 aliphatic carbocycles. The Bertz CT molecular complexity index is 290. The highest BCUT2D eigenvalue weighted by Crippen LogP contribution is 2.10. The summed E-state index contributed by atoms with van der Waals surface area (Å²) in [6, 6.07) is 4.60. The summed E-state index contributed by atoms with van der Waals surface area (Å²) in [5.41, 5.74) is 0. The van der Waals surface area contributed by atoms with Crippen LogP contribution in [0.4, 0.5) is 0 Å². The first-order chi connectivity index (χ1) is 7.38. The molecule has 3 heteroatoms. The summed E-state index contributed by atoms with van der Waals surface area (Å²) < 4.78 is 11.0. The van der Waals surface area contributed by atoms with Crippen molar-refractivity contribution in [3.63, 3.8) is 0 Å². The minimum atomic E-state index is 0.494. The average Bonchev–Trinajstić information content (AvgIpc) is 2.76. The smallest absolute Gasteiger partial charge is 0.117 e. The van der Waals surface area contributed by atoms with Crippen LogP contribution in [0.15, 0.2) is 16.5 Å². The van der Waals surface area contributed by atoms with Gasteiger partial charge in [-0.1, -0.05) is 6.92 Å². The van der Waals surface area contributed by atoms with Gasteiger partial charge in [-0.2, -0.15) is 0 Å². The molecule has 1 fully saturated rings. The van der Waals surface area contributed by atoms with Crippen LogP contribution < -0.4 is 5.32 Å². The first-order valence-corrected chi connectivity index (χ1v) is 5.77. The molecule has 0 amide bonds. The van der Waals surface area contributed by atoms with E-state index in [4.69, 9.17) is 9.15 Å². The fourth-order valence-electron chi connectivity index (χ4n) is 1.85. The van der Waals surface area contributed by atoms with Gasteiger partial charge in [-0.25, -0.2) is 0 Å². The van der Waals surface area contributed by atoms with E-state index in [1.165, 1.54) is 6.42 Å². The topological polar surface area (TPSA) is 34.4 Å². The first kappa shape index (κ1) is 10.7. The molecule has 1 N–H and O–H groups in total. The van der Waals surface area contributed by atoms with Crippen molar-refractivity contribution in [2.45, 2.75) is 38.8 Å². The molecule has 0 spiro atoms. The minimum Gasteiger partial charge on any atom is -0.465 e. The average molecular weight is 209 g/mol. The summed E-state index contributed by atoms with van der Waals surface area (Å²) in [7, 11) is 0. The molecule has 1 saturated heterocycles. The highest BCUT2D eigenvalue weighted by molar-refractivity contribution is 5.06. The summed E-state index contributed by atoms with van der Waals surface area (Å²) in [5.74, 6) is 2.09. The normalized spacial score (nSPS) is 21.8. The number of aryl methyl sites for hydroxylation is 1. The molecule has 3 nitrogen and oxygen atoms in total. The largest absolute Gasteiger partial charge is 0.465 e. The summed E-state index contributed by atoms with van der Waals surface area (Å²) in [5, 5.41) is 3.46. The van der Waals surface area contributed by atoms with Crippen molar-refractivity contribution in [3.8, 4) is 0 Å². The molecular formula is C12H19NO2. The highest BCUT2D eigenvalue weighted by Gasteiger charge is 2.13. The van der Waals surface area contributed by atoms with E-state index in [2.05, 4.69) is 18.3 Å². The lowest BCUT2D eigenvalue weighted by atomic mass is 10.1. The van der Waals surface area contributed by atoms with Gasteiger partial charge in [0.05, 0.1) is 13.2 Å². The Hall–Kier alpha value is -0.800. The number of rotatable bonds is 4. The molecule has 0 saturated carbocycles. The molecule has 2 heterocycles. The Morgan fingerprint density at radius 2 is 2.27 bits per heavy atom. The Kier molecular flexibility index (Phi) is 3.80. The van der Waals surface area contributed by atoms with Gasteiger partial charge in [-0.15, -0.1) is 0 Å². The number of hydrogen-bond acceptors (Lipinski definition) is 3. The molecule has 15 heavy (non-hydrogen) atoms. The first-order valence-electron chi connectivity index (χ1n) is 5.77. The lowest BCUT2D eigenvalue weighted by Crippen LogP contribution is -2.36. The van der Waals surface area contributed by atoms with E-state index < -0.39 is 0 Å². The molecule has 84 valence electrons.